The van der Waals surface area contributed by atoms with Gasteiger partial charge in [0.1, 0.15) is 11.5 Å². The third-order valence-corrected chi connectivity index (χ3v) is 3.96. The molecule has 0 spiro atoms. The normalized spacial score (nSPS) is 9.63. The van der Waals surface area contributed by atoms with Gasteiger partial charge in [-0.05, 0) is 12.1 Å². The average Bonchev–Trinajstić information content (AvgIpc) is 2.76. The summed E-state index contributed by atoms with van der Waals surface area (Å²) in [7, 11) is 1.00. The molecule has 0 fully saturated rings. The molecule has 2 aromatic carbocycles. The minimum atomic E-state index is -0.987. The molecular formula is C22H32N2O6. The number of phenols is 2. The van der Waals surface area contributed by atoms with E-state index in [1.807, 2.05) is 13.8 Å². The summed E-state index contributed by atoms with van der Waals surface area (Å²) in [4.78, 5) is 25.6. The molecule has 2 rings (SSSR count). The third-order valence-electron chi connectivity index (χ3n) is 3.96. The number of aliphatic hydroxyl groups excluding tert-OH is 1. The second-order valence-electron chi connectivity index (χ2n) is 5.94. The molecule has 8 heteroatoms. The van der Waals surface area contributed by atoms with E-state index in [0.29, 0.717) is 30.6 Å². The quantitative estimate of drug-likeness (QED) is 0.435. The second kappa shape index (κ2) is 15.8. The van der Waals surface area contributed by atoms with Gasteiger partial charge < -0.3 is 25.3 Å². The predicted octanol–water partition coefficient (Wildman–Crippen LogP) is 2.28. The van der Waals surface area contributed by atoms with Crippen LogP contribution in [0.5, 0.6) is 11.5 Å². The summed E-state index contributed by atoms with van der Waals surface area (Å²) in [5, 5.41) is 35.8. The first-order valence-corrected chi connectivity index (χ1v) is 9.61. The number of para-hydroxylation sites is 2. The van der Waals surface area contributed by atoms with Crippen LogP contribution in [0.1, 0.15) is 25.0 Å². The van der Waals surface area contributed by atoms with Crippen molar-refractivity contribution in [2.75, 3.05) is 26.7 Å². The highest BCUT2D eigenvalue weighted by molar-refractivity contribution is 5.69. The van der Waals surface area contributed by atoms with Crippen molar-refractivity contribution in [3.8, 4) is 11.5 Å². The molecule has 2 aromatic rings. The molecule has 0 aromatic heterocycles. The zero-order valence-corrected chi connectivity index (χ0v) is 17.7. The van der Waals surface area contributed by atoms with Gasteiger partial charge in [-0.2, -0.15) is 0 Å². The van der Waals surface area contributed by atoms with Crippen LogP contribution < -0.4 is 0 Å². The van der Waals surface area contributed by atoms with Gasteiger partial charge in [0.2, 0.25) is 6.41 Å². The van der Waals surface area contributed by atoms with Crippen LogP contribution in [-0.2, 0) is 22.7 Å². The van der Waals surface area contributed by atoms with E-state index in [-0.39, 0.29) is 31.1 Å². The van der Waals surface area contributed by atoms with Crippen LogP contribution >= 0.6 is 0 Å². The van der Waals surface area contributed by atoms with Gasteiger partial charge in [-0.1, -0.05) is 50.2 Å². The van der Waals surface area contributed by atoms with Crippen LogP contribution in [0.3, 0.4) is 0 Å². The van der Waals surface area contributed by atoms with Gasteiger partial charge in [-0.3, -0.25) is 14.5 Å². The molecule has 0 atom stereocenters. The van der Waals surface area contributed by atoms with Crippen molar-refractivity contribution in [1.29, 1.82) is 0 Å². The molecule has 0 radical (unpaired) electrons. The van der Waals surface area contributed by atoms with Crippen LogP contribution in [0.15, 0.2) is 48.5 Å². The summed E-state index contributed by atoms with van der Waals surface area (Å²) in [6.07, 6.45) is 0.672. The Morgan fingerprint density at radius 1 is 0.867 bits per heavy atom. The second-order valence-corrected chi connectivity index (χ2v) is 5.94. The fourth-order valence-corrected chi connectivity index (χ4v) is 2.59. The number of phenolic OH excluding ortho intramolecular Hbond substituents is 2. The van der Waals surface area contributed by atoms with Crippen molar-refractivity contribution < 1.29 is 30.0 Å². The minimum absolute atomic E-state index is 0.101. The maximum Gasteiger partial charge on any atom is 0.317 e. The first kappa shape index (κ1) is 26.9. The lowest BCUT2D eigenvalue weighted by Gasteiger charge is -2.25. The molecule has 166 valence electrons. The summed E-state index contributed by atoms with van der Waals surface area (Å²) in [6.45, 7) is 4.87. The number of hydrogen-bond acceptors (Lipinski definition) is 6. The molecular weight excluding hydrogens is 388 g/mol. The van der Waals surface area contributed by atoms with Crippen molar-refractivity contribution in [3.63, 3.8) is 0 Å². The lowest BCUT2D eigenvalue weighted by atomic mass is 10.2. The number of amides is 1. The van der Waals surface area contributed by atoms with E-state index in [2.05, 4.69) is 0 Å². The van der Waals surface area contributed by atoms with E-state index >= 15 is 0 Å². The molecule has 4 N–H and O–H groups in total. The number of aliphatic carboxylic acids is 1. The van der Waals surface area contributed by atoms with E-state index in [1.165, 1.54) is 4.90 Å². The predicted molar refractivity (Wildman–Crippen MR) is 115 cm³/mol. The molecule has 0 saturated heterocycles. The first-order valence-electron chi connectivity index (χ1n) is 9.61. The highest BCUT2D eigenvalue weighted by Gasteiger charge is 2.14. The number of carbonyl (C=O) groups is 2. The number of rotatable bonds is 10. The van der Waals surface area contributed by atoms with Crippen molar-refractivity contribution in [2.45, 2.75) is 26.9 Å². The lowest BCUT2D eigenvalue weighted by molar-refractivity contribution is -0.138. The number of aromatic hydroxyl groups is 2. The number of hydrogen-bond donors (Lipinski definition) is 4. The van der Waals surface area contributed by atoms with Crippen molar-refractivity contribution in [2.24, 2.45) is 0 Å². The Morgan fingerprint density at radius 3 is 1.77 bits per heavy atom. The maximum atomic E-state index is 11.3. The number of carboxylic acids is 1. The van der Waals surface area contributed by atoms with Crippen LogP contribution in [-0.4, -0.2) is 69.3 Å². The van der Waals surface area contributed by atoms with Gasteiger partial charge in [-0.25, -0.2) is 0 Å². The van der Waals surface area contributed by atoms with Crippen LogP contribution in [0.4, 0.5) is 0 Å². The van der Waals surface area contributed by atoms with Gasteiger partial charge in [-0.15, -0.1) is 0 Å². The number of benzene rings is 2. The summed E-state index contributed by atoms with van der Waals surface area (Å²) < 4.78 is 0. The van der Waals surface area contributed by atoms with E-state index in [9.17, 15) is 19.8 Å². The van der Waals surface area contributed by atoms with Gasteiger partial charge in [0, 0.05) is 44.4 Å². The Kier molecular flexibility index (Phi) is 14.1. The van der Waals surface area contributed by atoms with E-state index < -0.39 is 5.97 Å². The largest absolute Gasteiger partial charge is 0.508 e. The number of carbonyl (C=O) groups excluding carboxylic acids is 1. The third kappa shape index (κ3) is 9.90. The minimum Gasteiger partial charge on any atom is -0.508 e. The molecule has 0 unspecified atom stereocenters. The first-order chi connectivity index (χ1) is 14.5. The van der Waals surface area contributed by atoms with Crippen molar-refractivity contribution in [1.82, 2.24) is 9.80 Å². The molecule has 0 aliphatic rings. The molecule has 0 aliphatic heterocycles. The van der Waals surface area contributed by atoms with E-state index in [0.717, 1.165) is 7.11 Å². The fourth-order valence-electron chi connectivity index (χ4n) is 2.59. The van der Waals surface area contributed by atoms with Crippen LogP contribution in [0.2, 0.25) is 0 Å². The van der Waals surface area contributed by atoms with E-state index in [4.69, 9.17) is 10.2 Å². The molecule has 8 nitrogen and oxygen atoms in total. The molecule has 0 bridgehead atoms. The van der Waals surface area contributed by atoms with Crippen LogP contribution in [0, 0.1) is 0 Å². The highest BCUT2D eigenvalue weighted by atomic mass is 16.4. The summed E-state index contributed by atoms with van der Waals surface area (Å²) in [6, 6.07) is 13.5. The summed E-state index contributed by atoms with van der Waals surface area (Å²) in [5.41, 5.74) is 1.23. The standard InChI is InChI=1S/C19H22N2O5.C2H6.CH4O/c22-14-21(12-16-6-2-4-8-18(16)24)10-9-20(13-19(25)26)11-15-5-1-3-7-17(15)23;2*1-2/h1-8,14,23-24H,9-13H2,(H,25,26);1-2H3;2H,1H3. The van der Waals surface area contributed by atoms with Crippen molar-refractivity contribution in [3.05, 3.63) is 59.7 Å². The lowest BCUT2D eigenvalue weighted by Crippen LogP contribution is -2.37. The van der Waals surface area contributed by atoms with Gasteiger partial charge in [0.15, 0.2) is 0 Å². The summed E-state index contributed by atoms with van der Waals surface area (Å²) >= 11 is 0. The Labute approximate surface area is 177 Å². The summed E-state index contributed by atoms with van der Waals surface area (Å²) in [5.74, 6) is -0.779. The Morgan fingerprint density at radius 2 is 1.33 bits per heavy atom. The van der Waals surface area contributed by atoms with Gasteiger partial charge >= 0.3 is 5.97 Å². The van der Waals surface area contributed by atoms with Gasteiger partial charge in [0.05, 0.1) is 6.54 Å². The Hall–Kier alpha value is -3.10. The monoisotopic (exact) mass is 420 g/mol. The topological polar surface area (TPSA) is 122 Å². The van der Waals surface area contributed by atoms with Crippen molar-refractivity contribution >= 4 is 12.4 Å². The zero-order valence-electron chi connectivity index (χ0n) is 17.7. The Bertz CT molecular complexity index is 754. The van der Waals surface area contributed by atoms with Gasteiger partial charge in [0.25, 0.3) is 0 Å². The zero-order chi connectivity index (χ0) is 22.9. The maximum absolute atomic E-state index is 11.3. The number of aliphatic hydroxyl groups is 1. The SMILES string of the molecule is CC.CO.O=CN(CCN(CC(=O)O)Cc1ccccc1O)Cc1ccccc1O. The molecule has 0 aliphatic carbocycles. The smallest absolute Gasteiger partial charge is 0.317 e. The highest BCUT2D eigenvalue weighted by Crippen LogP contribution is 2.19. The van der Waals surface area contributed by atoms with E-state index in [1.54, 1.807) is 53.4 Å². The molecule has 1 amide bonds. The number of carboxylic acid groups (broad SMARTS) is 1. The fraction of sp³-hybridized carbons (Fsp3) is 0.364. The molecule has 30 heavy (non-hydrogen) atoms. The average molecular weight is 421 g/mol. The Balaban J connectivity index is 0.00000198. The van der Waals surface area contributed by atoms with Crippen LogP contribution in [0.25, 0.3) is 0 Å². The molecule has 0 saturated carbocycles. The number of nitrogens with zero attached hydrogens (tertiary/aromatic N) is 2. The molecule has 0 heterocycles.